The van der Waals surface area contributed by atoms with Gasteiger partial charge in [0.05, 0.1) is 19.8 Å². The Bertz CT molecular complexity index is 1220. The number of aromatic nitrogens is 2. The molecular weight excluding hydrogens is 410 g/mol. The van der Waals surface area contributed by atoms with Crippen molar-refractivity contribution in [3.05, 3.63) is 53.8 Å². The molecule has 4 aromatic rings. The van der Waals surface area contributed by atoms with Gasteiger partial charge in [-0.15, -0.1) is 0 Å². The van der Waals surface area contributed by atoms with Crippen molar-refractivity contribution >= 4 is 11.0 Å². The van der Waals surface area contributed by atoms with E-state index in [1.54, 1.807) is 12.1 Å². The first-order chi connectivity index (χ1) is 15.3. The fraction of sp³-hybridized carbons (Fsp3) is 0.333. The summed E-state index contributed by atoms with van der Waals surface area (Å²) in [7, 11) is 0. The highest BCUT2D eigenvalue weighted by atomic mass is 16.5. The van der Waals surface area contributed by atoms with Gasteiger partial charge in [-0.25, -0.2) is 0 Å². The monoisotopic (exact) mass is 437 g/mol. The third-order valence-corrected chi connectivity index (χ3v) is 5.25. The highest BCUT2D eigenvalue weighted by Gasteiger charge is 2.30. The highest BCUT2D eigenvalue weighted by Crippen LogP contribution is 2.31. The molecule has 0 aliphatic heterocycles. The second-order valence-corrected chi connectivity index (χ2v) is 8.44. The molecule has 0 atom stereocenters. The number of rotatable bonds is 8. The largest absolute Gasteiger partial charge is 0.493 e. The number of nitrogens with two attached hydrogens (primary N) is 1. The molecule has 8 heteroatoms. The minimum atomic E-state index is -1.35. The van der Waals surface area contributed by atoms with E-state index >= 15 is 0 Å². The van der Waals surface area contributed by atoms with Crippen LogP contribution in [0.15, 0.2) is 51.4 Å². The fourth-order valence-corrected chi connectivity index (χ4v) is 3.29. The molecule has 0 radical (unpaired) electrons. The van der Waals surface area contributed by atoms with Gasteiger partial charge in [-0.1, -0.05) is 19.0 Å². The molecular formula is C24H27N3O5. The Morgan fingerprint density at radius 3 is 2.50 bits per heavy atom. The molecule has 8 nitrogen and oxygen atoms in total. The lowest BCUT2D eigenvalue weighted by Gasteiger charge is -2.21. The van der Waals surface area contributed by atoms with Crippen molar-refractivity contribution < 1.29 is 23.9 Å². The zero-order valence-electron chi connectivity index (χ0n) is 18.3. The summed E-state index contributed by atoms with van der Waals surface area (Å²) in [5.74, 6) is 2.44. The van der Waals surface area contributed by atoms with Gasteiger partial charge >= 0.3 is 0 Å². The lowest BCUT2D eigenvalue weighted by atomic mass is 10.00. The Balaban J connectivity index is 1.60. The molecule has 0 bridgehead atoms. The van der Waals surface area contributed by atoms with E-state index in [4.69, 9.17) is 19.4 Å². The van der Waals surface area contributed by atoms with E-state index in [-0.39, 0.29) is 0 Å². The molecule has 4 rings (SSSR count). The van der Waals surface area contributed by atoms with Gasteiger partial charge in [0.1, 0.15) is 22.6 Å². The fourth-order valence-electron chi connectivity index (χ4n) is 3.29. The summed E-state index contributed by atoms with van der Waals surface area (Å²) >= 11 is 0. The van der Waals surface area contributed by atoms with Crippen LogP contribution in [-0.4, -0.2) is 40.2 Å². The first-order valence-corrected chi connectivity index (χ1v) is 10.5. The average Bonchev–Trinajstić information content (AvgIpc) is 3.44. The average molecular weight is 437 g/mol. The lowest BCUT2D eigenvalue weighted by Crippen LogP contribution is -2.43. The molecule has 0 unspecified atom stereocenters. The number of hydrogen-bond donors (Lipinski definition) is 3. The molecule has 0 amide bonds. The molecule has 0 fully saturated rings. The molecule has 32 heavy (non-hydrogen) atoms. The summed E-state index contributed by atoms with van der Waals surface area (Å²) in [4.78, 5) is 4.54. The quantitative estimate of drug-likeness (QED) is 0.381. The summed E-state index contributed by atoms with van der Waals surface area (Å²) in [5, 5.41) is 23.9. The summed E-state index contributed by atoms with van der Waals surface area (Å²) in [5.41, 5.74) is 7.79. The van der Waals surface area contributed by atoms with E-state index in [0.29, 0.717) is 35.6 Å². The summed E-state index contributed by atoms with van der Waals surface area (Å²) in [6.45, 7) is 5.98. The second kappa shape index (κ2) is 8.74. The van der Waals surface area contributed by atoms with Crippen LogP contribution in [0.4, 0.5) is 0 Å². The van der Waals surface area contributed by atoms with Crippen LogP contribution in [0.1, 0.15) is 25.2 Å². The van der Waals surface area contributed by atoms with Gasteiger partial charge in [-0.3, -0.25) is 0 Å². The van der Waals surface area contributed by atoms with Crippen LogP contribution >= 0.6 is 0 Å². The predicted molar refractivity (Wildman–Crippen MR) is 120 cm³/mol. The third-order valence-electron chi connectivity index (χ3n) is 5.25. The van der Waals surface area contributed by atoms with Crippen molar-refractivity contribution in [1.29, 1.82) is 0 Å². The van der Waals surface area contributed by atoms with E-state index in [9.17, 15) is 10.2 Å². The van der Waals surface area contributed by atoms with Crippen LogP contribution in [-0.2, 0) is 5.54 Å². The molecule has 168 valence electrons. The van der Waals surface area contributed by atoms with E-state index < -0.39 is 18.8 Å². The van der Waals surface area contributed by atoms with E-state index in [2.05, 4.69) is 24.0 Å². The highest BCUT2D eigenvalue weighted by molar-refractivity contribution is 5.83. The molecule has 2 aromatic carbocycles. The number of nitrogens with zero attached hydrogens (tertiary/aromatic N) is 2. The maximum atomic E-state index is 9.51. The first-order valence-electron chi connectivity index (χ1n) is 10.5. The van der Waals surface area contributed by atoms with Crippen molar-refractivity contribution in [3.8, 4) is 28.6 Å². The maximum absolute atomic E-state index is 9.51. The Labute approximate surface area is 185 Å². The predicted octanol–water partition coefficient (Wildman–Crippen LogP) is 3.63. The number of fused-ring (bicyclic) bond motifs is 1. The Kier molecular flexibility index (Phi) is 6.01. The van der Waals surface area contributed by atoms with Crippen molar-refractivity contribution in [1.82, 2.24) is 10.1 Å². The number of ether oxygens (including phenoxy) is 1. The van der Waals surface area contributed by atoms with Gasteiger partial charge in [-0.2, -0.15) is 4.98 Å². The van der Waals surface area contributed by atoms with Crippen LogP contribution in [0, 0.1) is 12.8 Å². The van der Waals surface area contributed by atoms with Gasteiger partial charge in [0.15, 0.2) is 0 Å². The van der Waals surface area contributed by atoms with Gasteiger partial charge in [0, 0.05) is 16.5 Å². The Morgan fingerprint density at radius 2 is 1.81 bits per heavy atom. The number of aliphatic hydroxyl groups excluding tert-OH is 2. The molecule has 0 saturated carbocycles. The molecule has 0 spiro atoms. The van der Waals surface area contributed by atoms with Crippen molar-refractivity contribution in [3.63, 3.8) is 0 Å². The summed E-state index contributed by atoms with van der Waals surface area (Å²) in [6, 6.07) is 12.9. The normalized spacial score (nSPS) is 12.1. The third kappa shape index (κ3) is 4.25. The molecule has 2 heterocycles. The molecule has 0 aliphatic rings. The van der Waals surface area contributed by atoms with Crippen LogP contribution in [0.2, 0.25) is 0 Å². The topological polar surface area (TPSA) is 128 Å². The van der Waals surface area contributed by atoms with Gasteiger partial charge in [0.2, 0.25) is 5.82 Å². The summed E-state index contributed by atoms with van der Waals surface area (Å²) in [6.07, 6.45) is 0. The molecule has 4 N–H and O–H groups in total. The van der Waals surface area contributed by atoms with E-state index in [1.165, 1.54) is 0 Å². The Morgan fingerprint density at radius 1 is 1.06 bits per heavy atom. The number of hydrogen-bond acceptors (Lipinski definition) is 8. The zero-order valence-corrected chi connectivity index (χ0v) is 18.3. The van der Waals surface area contributed by atoms with E-state index in [0.717, 1.165) is 27.8 Å². The SMILES string of the molecule is Cc1cc(-c2nc(-c3ccc4oc(C(N)(CO)CO)cc4c3)no2)ccc1OCC(C)C. The number of furan rings is 1. The van der Waals surface area contributed by atoms with Crippen molar-refractivity contribution in [2.24, 2.45) is 11.7 Å². The minimum absolute atomic E-state index is 0.304. The second-order valence-electron chi connectivity index (χ2n) is 8.44. The van der Waals surface area contributed by atoms with E-state index in [1.807, 2.05) is 37.3 Å². The van der Waals surface area contributed by atoms with Crippen molar-refractivity contribution in [2.75, 3.05) is 19.8 Å². The Hall–Kier alpha value is -3.20. The van der Waals surface area contributed by atoms with Gasteiger partial charge < -0.3 is 29.6 Å². The smallest absolute Gasteiger partial charge is 0.258 e. The minimum Gasteiger partial charge on any atom is -0.493 e. The van der Waals surface area contributed by atoms with Crippen LogP contribution in [0.25, 0.3) is 33.8 Å². The van der Waals surface area contributed by atoms with Crippen LogP contribution in [0.5, 0.6) is 5.75 Å². The molecule has 2 aromatic heterocycles. The molecule has 0 saturated heterocycles. The lowest BCUT2D eigenvalue weighted by molar-refractivity contribution is 0.105. The number of aryl methyl sites for hydroxylation is 1. The maximum Gasteiger partial charge on any atom is 0.258 e. The van der Waals surface area contributed by atoms with Crippen LogP contribution < -0.4 is 10.5 Å². The van der Waals surface area contributed by atoms with Gasteiger partial charge in [0.25, 0.3) is 5.89 Å². The zero-order chi connectivity index (χ0) is 22.9. The number of benzene rings is 2. The van der Waals surface area contributed by atoms with Crippen molar-refractivity contribution in [2.45, 2.75) is 26.3 Å². The molecule has 0 aliphatic carbocycles. The van der Waals surface area contributed by atoms with Crippen LogP contribution in [0.3, 0.4) is 0 Å². The van der Waals surface area contributed by atoms with Gasteiger partial charge in [-0.05, 0) is 60.9 Å². The first kappa shape index (κ1) is 22.0. The number of aliphatic hydroxyl groups is 2. The standard InChI is InChI=1S/C24H27N3O5/c1-14(2)11-30-19-6-5-17(8-15(19)3)23-26-22(27-32-23)16-4-7-20-18(9-16)10-21(31-20)24(25,12-28)13-29/h4-10,14,28-29H,11-13,25H2,1-3H3. The summed E-state index contributed by atoms with van der Waals surface area (Å²) < 4.78 is 17.0.